The highest BCUT2D eigenvalue weighted by molar-refractivity contribution is 7.95. The summed E-state index contributed by atoms with van der Waals surface area (Å²) in [7, 11) is -2.24. The summed E-state index contributed by atoms with van der Waals surface area (Å²) in [4.78, 5) is 12.8. The summed E-state index contributed by atoms with van der Waals surface area (Å²) in [6.07, 6.45) is 0.349. The van der Waals surface area contributed by atoms with Crippen molar-refractivity contribution in [3.8, 4) is 5.75 Å². The van der Waals surface area contributed by atoms with Gasteiger partial charge in [0.1, 0.15) is 5.75 Å². The fourth-order valence-corrected chi connectivity index (χ4v) is 5.98. The first-order chi connectivity index (χ1) is 12.4. The van der Waals surface area contributed by atoms with Crippen LogP contribution in [0.25, 0.3) is 0 Å². The van der Waals surface area contributed by atoms with Gasteiger partial charge in [-0.1, -0.05) is 11.6 Å². The van der Waals surface area contributed by atoms with Gasteiger partial charge in [-0.05, 0) is 55.0 Å². The van der Waals surface area contributed by atoms with E-state index in [2.05, 4.69) is 5.32 Å². The Labute approximate surface area is 156 Å². The summed E-state index contributed by atoms with van der Waals surface area (Å²) < 4.78 is 31.2. The second-order valence-corrected chi connectivity index (χ2v) is 9.04. The number of carbonyl (C=O) groups excluding carboxylic acids is 1. The second-order valence-electron chi connectivity index (χ2n) is 6.49. The van der Waals surface area contributed by atoms with Gasteiger partial charge in [0.25, 0.3) is 0 Å². The summed E-state index contributed by atoms with van der Waals surface area (Å²) in [6, 6.07) is 13.4. The zero-order chi connectivity index (χ0) is 18.5. The molecule has 1 aliphatic carbocycles. The molecule has 1 N–H and O–H groups in total. The second kappa shape index (κ2) is 5.89. The van der Waals surface area contributed by atoms with Gasteiger partial charge in [0.2, 0.25) is 15.9 Å². The first-order valence-electron chi connectivity index (χ1n) is 8.12. The molecule has 2 atom stereocenters. The molecule has 0 bridgehead atoms. The average Bonchev–Trinajstić information content (AvgIpc) is 3.32. The van der Waals surface area contributed by atoms with Crippen LogP contribution < -0.4 is 14.4 Å². The molecule has 1 saturated heterocycles. The Bertz CT molecular complexity index is 960. The number of methoxy groups -OCH3 is 1. The maximum Gasteiger partial charge on any atom is 0.250 e. The van der Waals surface area contributed by atoms with Gasteiger partial charge in [-0.15, -0.1) is 0 Å². The molecule has 0 aromatic heterocycles. The summed E-state index contributed by atoms with van der Waals surface area (Å²) in [6.45, 7) is 0.306. The van der Waals surface area contributed by atoms with Crippen LogP contribution in [0.3, 0.4) is 0 Å². The van der Waals surface area contributed by atoms with Gasteiger partial charge < -0.3 is 10.1 Å². The van der Waals surface area contributed by atoms with E-state index in [0.29, 0.717) is 35.1 Å². The van der Waals surface area contributed by atoms with Gasteiger partial charge in [-0.3, -0.25) is 9.10 Å². The predicted molar refractivity (Wildman–Crippen MR) is 100 cm³/mol. The van der Waals surface area contributed by atoms with Crippen LogP contribution in [0.15, 0.2) is 48.5 Å². The maximum absolute atomic E-state index is 13.1. The molecule has 1 aliphatic heterocycles. The number of benzene rings is 2. The molecule has 2 aliphatic rings. The summed E-state index contributed by atoms with van der Waals surface area (Å²) >= 11 is 5.88. The Balaban J connectivity index is 1.58. The highest BCUT2D eigenvalue weighted by Crippen LogP contribution is 2.58. The fraction of sp³-hybridized carbons (Fsp3) is 0.278. The zero-order valence-corrected chi connectivity index (χ0v) is 15.5. The predicted octanol–water partition coefficient (Wildman–Crippen LogP) is 2.90. The number of carbonyl (C=O) groups is 1. The van der Waals surface area contributed by atoms with Gasteiger partial charge in [0, 0.05) is 23.2 Å². The number of hydrogen-bond donors (Lipinski definition) is 1. The number of nitrogens with zero attached hydrogens (tertiary/aromatic N) is 1. The minimum atomic E-state index is -3.80. The van der Waals surface area contributed by atoms with E-state index in [0.717, 1.165) is 0 Å². The number of anilines is 2. The molecule has 26 heavy (non-hydrogen) atoms. The van der Waals surface area contributed by atoms with Crippen LogP contribution in [-0.2, 0) is 14.8 Å². The largest absolute Gasteiger partial charge is 0.497 e. The monoisotopic (exact) mass is 392 g/mol. The molecule has 1 heterocycles. The third-order valence-electron chi connectivity index (χ3n) is 5.03. The SMILES string of the molecule is COc1ccc(NC(=O)[C@@]23C[C@H]2CN(c2ccc(Cl)cc2)S3(=O)=O)cc1. The van der Waals surface area contributed by atoms with Gasteiger partial charge in [-0.25, -0.2) is 8.42 Å². The van der Waals surface area contributed by atoms with Crippen LogP contribution in [0.2, 0.25) is 5.02 Å². The standard InChI is InChI=1S/C18H17ClN2O4S/c1-25-16-8-4-14(5-9-16)20-17(22)18-10-12(18)11-21(26(18,23)24)15-6-2-13(19)3-7-15/h2-9,12H,10-11H2,1H3,(H,20,22)/t12-,18+/m0/s1. The number of amides is 1. The van der Waals surface area contributed by atoms with Crippen molar-refractivity contribution >= 4 is 38.9 Å². The molecule has 2 aromatic carbocycles. The number of nitrogens with one attached hydrogen (secondary N) is 1. The van der Waals surface area contributed by atoms with E-state index in [9.17, 15) is 13.2 Å². The molecule has 2 fully saturated rings. The fourth-order valence-electron chi connectivity index (χ4n) is 3.49. The zero-order valence-electron chi connectivity index (χ0n) is 14.0. The van der Waals surface area contributed by atoms with E-state index < -0.39 is 20.7 Å². The minimum absolute atomic E-state index is 0.207. The van der Waals surface area contributed by atoms with E-state index in [1.54, 1.807) is 55.6 Å². The normalized spacial score (nSPS) is 25.5. The Hall–Kier alpha value is -2.25. The molecule has 4 rings (SSSR count). The Morgan fingerprint density at radius 2 is 1.85 bits per heavy atom. The van der Waals surface area contributed by atoms with E-state index in [-0.39, 0.29) is 5.92 Å². The van der Waals surface area contributed by atoms with Crippen LogP contribution in [0, 0.1) is 5.92 Å². The first-order valence-corrected chi connectivity index (χ1v) is 9.93. The van der Waals surface area contributed by atoms with Crippen LogP contribution in [0.1, 0.15) is 6.42 Å². The van der Waals surface area contributed by atoms with Crippen molar-refractivity contribution < 1.29 is 17.9 Å². The highest BCUT2D eigenvalue weighted by Gasteiger charge is 2.75. The average molecular weight is 393 g/mol. The topological polar surface area (TPSA) is 75.7 Å². The molecule has 1 saturated carbocycles. The van der Waals surface area contributed by atoms with Crippen LogP contribution >= 0.6 is 11.6 Å². The lowest BCUT2D eigenvalue weighted by atomic mass is 10.2. The van der Waals surface area contributed by atoms with Gasteiger partial charge in [0.05, 0.1) is 12.8 Å². The molecule has 0 spiro atoms. The van der Waals surface area contributed by atoms with E-state index in [1.807, 2.05) is 0 Å². The first kappa shape index (κ1) is 17.2. The molecule has 8 heteroatoms. The summed E-state index contributed by atoms with van der Waals surface area (Å²) in [5.41, 5.74) is 1.06. The van der Waals surface area contributed by atoms with E-state index in [4.69, 9.17) is 16.3 Å². The van der Waals surface area contributed by atoms with Crippen molar-refractivity contribution in [2.75, 3.05) is 23.3 Å². The Morgan fingerprint density at radius 3 is 2.46 bits per heavy atom. The number of rotatable bonds is 4. The van der Waals surface area contributed by atoms with Crippen molar-refractivity contribution in [3.05, 3.63) is 53.6 Å². The molecule has 6 nitrogen and oxygen atoms in total. The number of sulfonamides is 1. The number of fused-ring (bicyclic) bond motifs is 1. The van der Waals surface area contributed by atoms with Crippen LogP contribution in [0.4, 0.5) is 11.4 Å². The summed E-state index contributed by atoms with van der Waals surface area (Å²) in [5.74, 6) is -0.0292. The molecule has 0 unspecified atom stereocenters. The van der Waals surface area contributed by atoms with Crippen LogP contribution in [-0.4, -0.2) is 32.7 Å². The number of ether oxygens (including phenoxy) is 1. The lowest BCUT2D eigenvalue weighted by Crippen LogP contribution is -2.42. The molecule has 0 radical (unpaired) electrons. The van der Waals surface area contributed by atoms with Crippen LogP contribution in [0.5, 0.6) is 5.75 Å². The molecular weight excluding hydrogens is 376 g/mol. The number of hydrogen-bond acceptors (Lipinski definition) is 4. The molecular formula is C18H17ClN2O4S. The quantitative estimate of drug-likeness (QED) is 0.868. The van der Waals surface area contributed by atoms with Gasteiger partial charge in [0.15, 0.2) is 4.75 Å². The molecule has 2 aromatic rings. The minimum Gasteiger partial charge on any atom is -0.497 e. The Kier molecular flexibility index (Phi) is 3.89. The van der Waals surface area contributed by atoms with Crippen molar-refractivity contribution in [2.24, 2.45) is 5.92 Å². The Morgan fingerprint density at radius 1 is 1.19 bits per heavy atom. The number of halogens is 1. The van der Waals surface area contributed by atoms with Crippen molar-refractivity contribution in [1.29, 1.82) is 0 Å². The van der Waals surface area contributed by atoms with Gasteiger partial charge in [-0.2, -0.15) is 0 Å². The third-order valence-corrected chi connectivity index (χ3v) is 7.83. The van der Waals surface area contributed by atoms with Crippen molar-refractivity contribution in [3.63, 3.8) is 0 Å². The summed E-state index contributed by atoms with van der Waals surface area (Å²) in [5, 5.41) is 3.26. The van der Waals surface area contributed by atoms with E-state index >= 15 is 0 Å². The van der Waals surface area contributed by atoms with Gasteiger partial charge >= 0.3 is 0 Å². The molecule has 136 valence electrons. The van der Waals surface area contributed by atoms with Crippen molar-refractivity contribution in [2.45, 2.75) is 11.2 Å². The third kappa shape index (κ3) is 2.46. The highest BCUT2D eigenvalue weighted by atomic mass is 35.5. The lowest BCUT2D eigenvalue weighted by Gasteiger charge is -2.23. The lowest BCUT2D eigenvalue weighted by molar-refractivity contribution is -0.116. The maximum atomic E-state index is 13.1. The van der Waals surface area contributed by atoms with E-state index in [1.165, 1.54) is 4.31 Å². The molecule has 1 amide bonds. The smallest absolute Gasteiger partial charge is 0.250 e. The van der Waals surface area contributed by atoms with Crippen molar-refractivity contribution in [1.82, 2.24) is 0 Å².